The fourth-order valence-corrected chi connectivity index (χ4v) is 2.06. The smallest absolute Gasteiger partial charge is 0.265 e. The number of benzene rings is 1. The summed E-state index contributed by atoms with van der Waals surface area (Å²) in [5, 5.41) is 2.81. The van der Waals surface area contributed by atoms with Crippen molar-refractivity contribution in [2.24, 2.45) is 0 Å². The van der Waals surface area contributed by atoms with E-state index < -0.39 is 0 Å². The fourth-order valence-electron chi connectivity index (χ4n) is 2.06. The van der Waals surface area contributed by atoms with Gasteiger partial charge < -0.3 is 15.0 Å². The van der Waals surface area contributed by atoms with Crippen LogP contribution in [-0.4, -0.2) is 25.0 Å². The lowest BCUT2D eigenvalue weighted by molar-refractivity contribution is -0.121. The van der Waals surface area contributed by atoms with Gasteiger partial charge >= 0.3 is 0 Å². The van der Waals surface area contributed by atoms with Crippen molar-refractivity contribution in [1.82, 2.24) is 0 Å². The average Bonchev–Trinajstić information content (AvgIpc) is 2.42. The van der Waals surface area contributed by atoms with E-state index in [0.29, 0.717) is 30.1 Å². The summed E-state index contributed by atoms with van der Waals surface area (Å²) >= 11 is 0. The van der Waals surface area contributed by atoms with Gasteiger partial charge in [-0.05, 0) is 18.6 Å². The second-order valence-electron chi connectivity index (χ2n) is 4.56. The first-order valence-electron chi connectivity index (χ1n) is 6.63. The molecule has 1 aliphatic heterocycles. The highest BCUT2D eigenvalue weighted by atomic mass is 16.5. The molecule has 1 heterocycles. The number of ether oxygens (including phenoxy) is 1. The Bertz CT molecular complexity index is 540. The standard InChI is InChI=1S/C15H18N2O3/c1-3-5-14(18)16-11-6-7-12-13(9-11)20-10-15(19)17(12)8-4-2/h4,6-7,9H,2-3,5,8,10H2,1H3,(H,16,18). The Labute approximate surface area is 118 Å². The van der Waals surface area contributed by atoms with Crippen molar-refractivity contribution in [3.05, 3.63) is 30.9 Å². The summed E-state index contributed by atoms with van der Waals surface area (Å²) in [4.78, 5) is 25.0. The topological polar surface area (TPSA) is 58.6 Å². The van der Waals surface area contributed by atoms with Crippen molar-refractivity contribution in [2.45, 2.75) is 19.8 Å². The van der Waals surface area contributed by atoms with Crippen LogP contribution in [0.3, 0.4) is 0 Å². The number of carbonyl (C=O) groups excluding carboxylic acids is 2. The summed E-state index contributed by atoms with van der Waals surface area (Å²) in [5.74, 6) is 0.475. The Morgan fingerprint density at radius 3 is 3.05 bits per heavy atom. The number of nitrogens with zero attached hydrogens (tertiary/aromatic N) is 1. The second-order valence-corrected chi connectivity index (χ2v) is 4.56. The third-order valence-corrected chi connectivity index (χ3v) is 2.98. The molecule has 106 valence electrons. The minimum atomic E-state index is -0.0971. The Hall–Kier alpha value is -2.30. The number of amides is 2. The largest absolute Gasteiger partial charge is 0.481 e. The first-order chi connectivity index (χ1) is 9.65. The number of nitrogens with one attached hydrogen (secondary N) is 1. The number of fused-ring (bicyclic) bond motifs is 1. The summed E-state index contributed by atoms with van der Waals surface area (Å²) in [6, 6.07) is 5.29. The molecule has 1 aromatic carbocycles. The number of hydrogen-bond acceptors (Lipinski definition) is 3. The highest BCUT2D eigenvalue weighted by molar-refractivity contribution is 5.99. The zero-order chi connectivity index (χ0) is 14.5. The molecule has 1 aliphatic rings. The average molecular weight is 274 g/mol. The van der Waals surface area contributed by atoms with Crippen LogP contribution in [0.25, 0.3) is 0 Å². The van der Waals surface area contributed by atoms with E-state index in [-0.39, 0.29) is 18.4 Å². The van der Waals surface area contributed by atoms with E-state index in [1.165, 1.54) is 0 Å². The maximum Gasteiger partial charge on any atom is 0.265 e. The van der Waals surface area contributed by atoms with E-state index in [0.717, 1.165) is 6.42 Å². The second kappa shape index (κ2) is 6.23. The van der Waals surface area contributed by atoms with E-state index in [2.05, 4.69) is 11.9 Å². The molecule has 5 nitrogen and oxygen atoms in total. The first-order valence-corrected chi connectivity index (χ1v) is 6.63. The molecule has 5 heteroatoms. The molecule has 2 rings (SSSR count). The van der Waals surface area contributed by atoms with Crippen LogP contribution < -0.4 is 15.0 Å². The van der Waals surface area contributed by atoms with Gasteiger partial charge in [0.1, 0.15) is 5.75 Å². The Morgan fingerprint density at radius 1 is 1.55 bits per heavy atom. The summed E-state index contributed by atoms with van der Waals surface area (Å²) in [6.45, 7) is 6.05. The van der Waals surface area contributed by atoms with Gasteiger partial charge in [-0.2, -0.15) is 0 Å². The van der Waals surface area contributed by atoms with E-state index in [1.54, 1.807) is 29.2 Å². The molecular formula is C15H18N2O3. The Kier molecular flexibility index (Phi) is 4.40. The first kappa shape index (κ1) is 14.1. The maximum atomic E-state index is 11.8. The lowest BCUT2D eigenvalue weighted by Gasteiger charge is -2.28. The number of rotatable bonds is 5. The van der Waals surface area contributed by atoms with E-state index >= 15 is 0 Å². The van der Waals surface area contributed by atoms with E-state index in [1.807, 2.05) is 6.92 Å². The molecule has 0 bridgehead atoms. The summed E-state index contributed by atoms with van der Waals surface area (Å²) in [6.07, 6.45) is 2.96. The molecule has 1 aromatic rings. The van der Waals surface area contributed by atoms with Gasteiger partial charge in [0.2, 0.25) is 5.91 Å². The molecule has 0 aromatic heterocycles. The Morgan fingerprint density at radius 2 is 2.35 bits per heavy atom. The van der Waals surface area contributed by atoms with Crippen molar-refractivity contribution in [3.8, 4) is 5.75 Å². The van der Waals surface area contributed by atoms with Crippen LogP contribution in [0.5, 0.6) is 5.75 Å². The number of hydrogen-bond donors (Lipinski definition) is 1. The van der Waals surface area contributed by atoms with Crippen LogP contribution in [0.15, 0.2) is 30.9 Å². The van der Waals surface area contributed by atoms with Gasteiger partial charge in [-0.3, -0.25) is 9.59 Å². The molecule has 0 unspecified atom stereocenters. The molecular weight excluding hydrogens is 256 g/mol. The van der Waals surface area contributed by atoms with Crippen molar-refractivity contribution >= 4 is 23.2 Å². The highest BCUT2D eigenvalue weighted by Crippen LogP contribution is 2.34. The van der Waals surface area contributed by atoms with Gasteiger partial charge in [-0.25, -0.2) is 0 Å². The predicted molar refractivity (Wildman–Crippen MR) is 78.0 cm³/mol. The monoisotopic (exact) mass is 274 g/mol. The Balaban J connectivity index is 2.21. The lowest BCUT2D eigenvalue weighted by atomic mass is 10.2. The van der Waals surface area contributed by atoms with Gasteiger partial charge in [0.25, 0.3) is 5.91 Å². The zero-order valence-corrected chi connectivity index (χ0v) is 11.5. The van der Waals surface area contributed by atoms with Gasteiger partial charge in [-0.15, -0.1) is 6.58 Å². The maximum absolute atomic E-state index is 11.8. The molecule has 2 amide bonds. The van der Waals surface area contributed by atoms with Gasteiger partial charge in [-0.1, -0.05) is 13.0 Å². The van der Waals surface area contributed by atoms with Crippen molar-refractivity contribution in [2.75, 3.05) is 23.4 Å². The molecule has 20 heavy (non-hydrogen) atoms. The lowest BCUT2D eigenvalue weighted by Crippen LogP contribution is -2.38. The zero-order valence-electron chi connectivity index (χ0n) is 11.5. The van der Waals surface area contributed by atoms with Crippen LogP contribution >= 0.6 is 0 Å². The minimum Gasteiger partial charge on any atom is -0.481 e. The van der Waals surface area contributed by atoms with Crippen molar-refractivity contribution in [1.29, 1.82) is 0 Å². The van der Waals surface area contributed by atoms with Gasteiger partial charge in [0.05, 0.1) is 5.69 Å². The van der Waals surface area contributed by atoms with Crippen LogP contribution in [0.4, 0.5) is 11.4 Å². The predicted octanol–water partition coefficient (Wildman–Crippen LogP) is 2.34. The van der Waals surface area contributed by atoms with Crippen LogP contribution in [-0.2, 0) is 9.59 Å². The summed E-state index contributed by atoms with van der Waals surface area (Å²) in [7, 11) is 0. The molecule has 0 atom stereocenters. The highest BCUT2D eigenvalue weighted by Gasteiger charge is 2.24. The molecule has 0 aliphatic carbocycles. The van der Waals surface area contributed by atoms with Gasteiger partial charge in [0.15, 0.2) is 6.61 Å². The quantitative estimate of drug-likeness (QED) is 0.838. The summed E-state index contributed by atoms with van der Waals surface area (Å²) in [5.41, 5.74) is 1.38. The normalized spacial score (nSPS) is 13.4. The minimum absolute atomic E-state index is 0.00714. The molecule has 0 saturated carbocycles. The van der Waals surface area contributed by atoms with E-state index in [9.17, 15) is 9.59 Å². The van der Waals surface area contributed by atoms with Gasteiger partial charge in [0, 0.05) is 24.7 Å². The summed E-state index contributed by atoms with van der Waals surface area (Å²) < 4.78 is 5.42. The van der Waals surface area contributed by atoms with Crippen LogP contribution in [0.1, 0.15) is 19.8 Å². The molecule has 0 saturated heterocycles. The fraction of sp³-hybridized carbons (Fsp3) is 0.333. The third kappa shape index (κ3) is 2.99. The molecule has 0 fully saturated rings. The van der Waals surface area contributed by atoms with E-state index in [4.69, 9.17) is 4.74 Å². The van der Waals surface area contributed by atoms with Crippen molar-refractivity contribution < 1.29 is 14.3 Å². The molecule has 1 N–H and O–H groups in total. The molecule has 0 spiro atoms. The molecule has 0 radical (unpaired) electrons. The van der Waals surface area contributed by atoms with Crippen LogP contribution in [0, 0.1) is 0 Å². The SMILES string of the molecule is C=CCN1C(=O)COc2cc(NC(=O)CCC)ccc21. The van der Waals surface area contributed by atoms with Crippen molar-refractivity contribution in [3.63, 3.8) is 0 Å². The third-order valence-electron chi connectivity index (χ3n) is 2.98. The number of carbonyl (C=O) groups is 2. The van der Waals surface area contributed by atoms with Crippen LogP contribution in [0.2, 0.25) is 0 Å². The number of anilines is 2.